The van der Waals surface area contributed by atoms with Crippen LogP contribution in [-0.2, 0) is 0 Å². The van der Waals surface area contributed by atoms with Crippen molar-refractivity contribution < 1.29 is 14.6 Å². The van der Waals surface area contributed by atoms with E-state index in [0.717, 1.165) is 17.1 Å². The van der Waals surface area contributed by atoms with E-state index in [1.807, 2.05) is 25.1 Å². The van der Waals surface area contributed by atoms with E-state index in [4.69, 9.17) is 20.3 Å². The summed E-state index contributed by atoms with van der Waals surface area (Å²) < 4.78 is 10.6. The first-order chi connectivity index (χ1) is 9.15. The number of benzene rings is 1. The molecule has 19 heavy (non-hydrogen) atoms. The van der Waals surface area contributed by atoms with Gasteiger partial charge in [-0.1, -0.05) is 0 Å². The zero-order chi connectivity index (χ0) is 14.3. The summed E-state index contributed by atoms with van der Waals surface area (Å²) in [5.41, 5.74) is 6.81. The highest BCUT2D eigenvalue weighted by atomic mass is 16.5. The second-order valence-corrected chi connectivity index (χ2v) is 4.48. The second-order valence-electron chi connectivity index (χ2n) is 4.48. The lowest BCUT2D eigenvalue weighted by Crippen LogP contribution is -2.35. The van der Waals surface area contributed by atoms with Gasteiger partial charge < -0.3 is 25.6 Å². The summed E-state index contributed by atoms with van der Waals surface area (Å²) in [6, 6.07) is 5.79. The van der Waals surface area contributed by atoms with E-state index in [-0.39, 0.29) is 18.7 Å². The number of rotatable bonds is 8. The Morgan fingerprint density at radius 1 is 1.32 bits per heavy atom. The Balaban J connectivity index is 2.95. The topological polar surface area (TPSA) is 76.7 Å². The molecule has 4 N–H and O–H groups in total. The average Bonchev–Trinajstić information content (AvgIpc) is 2.44. The minimum absolute atomic E-state index is 0.0356. The molecule has 0 heterocycles. The van der Waals surface area contributed by atoms with E-state index in [2.05, 4.69) is 5.32 Å². The van der Waals surface area contributed by atoms with Crippen LogP contribution in [0, 0.1) is 0 Å². The molecule has 0 radical (unpaired) electrons. The van der Waals surface area contributed by atoms with Crippen LogP contribution < -0.4 is 20.5 Å². The fraction of sp³-hybridized carbons (Fsp3) is 0.571. The van der Waals surface area contributed by atoms with Crippen LogP contribution in [0.3, 0.4) is 0 Å². The number of aliphatic hydroxyl groups is 1. The lowest BCUT2D eigenvalue weighted by molar-refractivity contribution is 0.262. The van der Waals surface area contributed by atoms with Crippen LogP contribution in [0.15, 0.2) is 18.2 Å². The Morgan fingerprint density at radius 3 is 2.58 bits per heavy atom. The first-order valence-electron chi connectivity index (χ1n) is 6.45. The first kappa shape index (κ1) is 15.8. The number of hydrogen-bond donors (Lipinski definition) is 3. The maximum absolute atomic E-state index is 8.96. The van der Waals surface area contributed by atoms with Gasteiger partial charge in [0.2, 0.25) is 0 Å². The van der Waals surface area contributed by atoms with Crippen molar-refractivity contribution in [2.75, 3.05) is 27.4 Å². The first-order valence-corrected chi connectivity index (χ1v) is 6.45. The van der Waals surface area contributed by atoms with Crippen LogP contribution in [0.4, 0.5) is 0 Å². The largest absolute Gasteiger partial charge is 0.497 e. The van der Waals surface area contributed by atoms with Crippen LogP contribution in [0.5, 0.6) is 11.5 Å². The van der Waals surface area contributed by atoms with Crippen LogP contribution >= 0.6 is 0 Å². The molecule has 5 nitrogen and oxygen atoms in total. The highest BCUT2D eigenvalue weighted by Crippen LogP contribution is 2.29. The minimum Gasteiger partial charge on any atom is -0.497 e. The molecule has 0 fully saturated rings. The molecular formula is C14H24N2O3. The summed E-state index contributed by atoms with van der Waals surface area (Å²) >= 11 is 0. The molecule has 0 saturated carbocycles. The van der Waals surface area contributed by atoms with Gasteiger partial charge in [-0.3, -0.25) is 0 Å². The highest BCUT2D eigenvalue weighted by molar-refractivity contribution is 5.42. The van der Waals surface area contributed by atoms with Gasteiger partial charge in [-0.2, -0.15) is 0 Å². The predicted octanol–water partition coefficient (Wildman–Crippen LogP) is 1.06. The summed E-state index contributed by atoms with van der Waals surface area (Å²) in [6.45, 7) is 2.62. The molecule has 0 aliphatic carbocycles. The average molecular weight is 268 g/mol. The van der Waals surface area contributed by atoms with Crippen molar-refractivity contribution >= 4 is 0 Å². The Labute approximate surface area is 114 Å². The lowest BCUT2D eigenvalue weighted by atomic mass is 10.0. The van der Waals surface area contributed by atoms with Gasteiger partial charge >= 0.3 is 0 Å². The van der Waals surface area contributed by atoms with Crippen molar-refractivity contribution in [3.8, 4) is 11.5 Å². The Bertz CT molecular complexity index is 385. The highest BCUT2D eigenvalue weighted by Gasteiger charge is 2.17. The molecule has 0 aliphatic rings. The monoisotopic (exact) mass is 268 g/mol. The SMILES string of the molecule is COc1ccc(OC)c(C(CN)NC(C)CCO)c1. The second kappa shape index (κ2) is 7.99. The Morgan fingerprint density at radius 2 is 2.05 bits per heavy atom. The molecule has 1 aromatic rings. The van der Waals surface area contributed by atoms with Crippen LogP contribution in [-0.4, -0.2) is 38.5 Å². The van der Waals surface area contributed by atoms with Gasteiger partial charge in [0.15, 0.2) is 0 Å². The fourth-order valence-corrected chi connectivity index (χ4v) is 2.02. The summed E-state index contributed by atoms with van der Waals surface area (Å²) in [4.78, 5) is 0. The zero-order valence-corrected chi connectivity index (χ0v) is 11.8. The normalized spacial score (nSPS) is 13.9. The molecule has 0 saturated heterocycles. The predicted molar refractivity (Wildman–Crippen MR) is 75.6 cm³/mol. The van der Waals surface area contributed by atoms with Gasteiger partial charge in [0.25, 0.3) is 0 Å². The molecule has 1 rings (SSSR count). The van der Waals surface area contributed by atoms with Crippen LogP contribution in [0.1, 0.15) is 24.9 Å². The summed E-state index contributed by atoms with van der Waals surface area (Å²) in [7, 11) is 3.26. The molecule has 108 valence electrons. The summed E-state index contributed by atoms with van der Waals surface area (Å²) in [5, 5.41) is 12.3. The molecule has 0 aliphatic heterocycles. The van der Waals surface area contributed by atoms with Gasteiger partial charge in [0.05, 0.1) is 14.2 Å². The molecule has 5 heteroatoms. The number of methoxy groups -OCH3 is 2. The van der Waals surface area contributed by atoms with Gasteiger partial charge in [-0.15, -0.1) is 0 Å². The fourth-order valence-electron chi connectivity index (χ4n) is 2.02. The third-order valence-electron chi connectivity index (χ3n) is 3.10. The molecule has 0 aromatic heterocycles. The van der Waals surface area contributed by atoms with Gasteiger partial charge in [-0.25, -0.2) is 0 Å². The van der Waals surface area contributed by atoms with Gasteiger partial charge in [-0.05, 0) is 31.5 Å². The Hall–Kier alpha value is -1.30. The van der Waals surface area contributed by atoms with Crippen molar-refractivity contribution in [1.82, 2.24) is 5.32 Å². The minimum atomic E-state index is -0.0356. The summed E-state index contributed by atoms with van der Waals surface area (Å²) in [6.07, 6.45) is 0.683. The third kappa shape index (κ3) is 4.38. The number of hydrogen-bond acceptors (Lipinski definition) is 5. The van der Waals surface area contributed by atoms with Crippen molar-refractivity contribution in [2.45, 2.75) is 25.4 Å². The third-order valence-corrected chi connectivity index (χ3v) is 3.10. The Kier molecular flexibility index (Phi) is 6.62. The van der Waals surface area contributed by atoms with E-state index in [9.17, 15) is 0 Å². The van der Waals surface area contributed by atoms with E-state index in [1.54, 1.807) is 14.2 Å². The van der Waals surface area contributed by atoms with E-state index in [0.29, 0.717) is 13.0 Å². The lowest BCUT2D eigenvalue weighted by Gasteiger charge is -2.24. The quantitative estimate of drug-likeness (QED) is 0.657. The molecule has 1 aromatic carbocycles. The maximum Gasteiger partial charge on any atom is 0.123 e. The molecule has 0 amide bonds. The van der Waals surface area contributed by atoms with E-state index in [1.165, 1.54) is 0 Å². The molecule has 0 spiro atoms. The van der Waals surface area contributed by atoms with Crippen LogP contribution in [0.25, 0.3) is 0 Å². The van der Waals surface area contributed by atoms with E-state index >= 15 is 0 Å². The van der Waals surface area contributed by atoms with Gasteiger partial charge in [0, 0.05) is 30.8 Å². The molecule has 2 atom stereocenters. The summed E-state index contributed by atoms with van der Waals surface area (Å²) in [5.74, 6) is 1.55. The molecular weight excluding hydrogens is 244 g/mol. The van der Waals surface area contributed by atoms with Crippen molar-refractivity contribution in [2.24, 2.45) is 5.73 Å². The zero-order valence-electron chi connectivity index (χ0n) is 11.8. The van der Waals surface area contributed by atoms with Crippen molar-refractivity contribution in [3.05, 3.63) is 23.8 Å². The van der Waals surface area contributed by atoms with Crippen molar-refractivity contribution in [3.63, 3.8) is 0 Å². The number of aliphatic hydroxyl groups excluding tert-OH is 1. The molecule has 0 bridgehead atoms. The smallest absolute Gasteiger partial charge is 0.123 e. The number of nitrogens with one attached hydrogen (secondary N) is 1. The van der Waals surface area contributed by atoms with Crippen molar-refractivity contribution in [1.29, 1.82) is 0 Å². The van der Waals surface area contributed by atoms with Gasteiger partial charge in [0.1, 0.15) is 11.5 Å². The standard InChI is InChI=1S/C14H24N2O3/c1-10(6-7-17)16-13(9-15)12-8-11(18-2)4-5-14(12)19-3/h4-5,8,10,13,16-17H,6-7,9,15H2,1-3H3. The number of ether oxygens (including phenoxy) is 2. The van der Waals surface area contributed by atoms with Crippen LogP contribution in [0.2, 0.25) is 0 Å². The maximum atomic E-state index is 8.96. The van der Waals surface area contributed by atoms with E-state index < -0.39 is 0 Å². The number of nitrogens with two attached hydrogens (primary N) is 1. The molecule has 2 unspecified atom stereocenters.